The van der Waals surface area contributed by atoms with Gasteiger partial charge >= 0.3 is 0 Å². The van der Waals surface area contributed by atoms with Crippen LogP contribution in [-0.2, 0) is 0 Å². The van der Waals surface area contributed by atoms with Crippen LogP contribution < -0.4 is 5.32 Å². The molecule has 0 saturated carbocycles. The molecule has 1 amide bonds. The number of rotatable bonds is 2. The molecule has 19 heavy (non-hydrogen) atoms. The quantitative estimate of drug-likeness (QED) is 0.891. The second kappa shape index (κ2) is 5.50. The molecule has 2 N–H and O–H groups in total. The summed E-state index contributed by atoms with van der Waals surface area (Å²) in [7, 11) is 0. The van der Waals surface area contributed by atoms with Gasteiger partial charge in [-0.15, -0.1) is 0 Å². The number of benzene rings is 1. The monoisotopic (exact) mass is 317 g/mol. The molecule has 0 radical (unpaired) electrons. The first kappa shape index (κ1) is 13.1. The summed E-state index contributed by atoms with van der Waals surface area (Å²) in [4.78, 5) is 15.8. The Bertz CT molecular complexity index is 680. The zero-order valence-electron chi connectivity index (χ0n) is 9.59. The number of hydrogen-bond donors (Lipinski definition) is 2. The number of carbonyl (C=O) groups excluding carboxylic acids is 1. The number of nitrogens with zero attached hydrogens (tertiary/aromatic N) is 2. The molecule has 1 heterocycles. The second-order valence-corrected chi connectivity index (χ2v) is 4.54. The van der Waals surface area contributed by atoms with Crippen LogP contribution in [0.3, 0.4) is 0 Å². The number of hydrogen-bond acceptors (Lipinski definition) is 4. The lowest BCUT2D eigenvalue weighted by atomic mass is 10.2. The number of pyridine rings is 1. The number of nitriles is 1. The van der Waals surface area contributed by atoms with E-state index in [1.54, 1.807) is 18.2 Å². The number of anilines is 1. The Morgan fingerprint density at radius 3 is 2.89 bits per heavy atom. The Labute approximate surface area is 117 Å². The van der Waals surface area contributed by atoms with Gasteiger partial charge in [-0.25, -0.2) is 4.98 Å². The van der Waals surface area contributed by atoms with E-state index in [1.807, 2.05) is 6.07 Å². The average molecular weight is 318 g/mol. The van der Waals surface area contributed by atoms with Gasteiger partial charge < -0.3 is 10.4 Å². The van der Waals surface area contributed by atoms with Crippen LogP contribution in [0.1, 0.15) is 16.1 Å². The van der Waals surface area contributed by atoms with Gasteiger partial charge in [0, 0.05) is 10.7 Å². The minimum Gasteiger partial charge on any atom is -0.505 e. The zero-order chi connectivity index (χ0) is 13.8. The molecule has 1 aromatic carbocycles. The van der Waals surface area contributed by atoms with Crippen molar-refractivity contribution in [3.8, 4) is 11.8 Å². The summed E-state index contributed by atoms with van der Waals surface area (Å²) in [5.41, 5.74) is 0.588. The molecule has 0 spiro atoms. The summed E-state index contributed by atoms with van der Waals surface area (Å²) in [6.07, 6.45) is 1.40. The van der Waals surface area contributed by atoms with Crippen LogP contribution in [-0.4, -0.2) is 16.0 Å². The maximum absolute atomic E-state index is 12.0. The fourth-order valence-corrected chi connectivity index (χ4v) is 1.83. The van der Waals surface area contributed by atoms with Crippen molar-refractivity contribution in [2.45, 2.75) is 0 Å². The Hall–Kier alpha value is -2.39. The third kappa shape index (κ3) is 2.89. The second-order valence-electron chi connectivity index (χ2n) is 3.63. The van der Waals surface area contributed by atoms with E-state index < -0.39 is 5.91 Å². The topological polar surface area (TPSA) is 86.0 Å². The molecule has 0 atom stereocenters. The first-order valence-corrected chi connectivity index (χ1v) is 6.06. The van der Waals surface area contributed by atoms with Gasteiger partial charge in [-0.2, -0.15) is 5.26 Å². The van der Waals surface area contributed by atoms with Crippen molar-refractivity contribution in [3.05, 3.63) is 52.3 Å². The van der Waals surface area contributed by atoms with Crippen molar-refractivity contribution in [1.29, 1.82) is 5.26 Å². The molecule has 0 unspecified atom stereocenters. The molecule has 0 bridgehead atoms. The minimum absolute atomic E-state index is 0.0913. The summed E-state index contributed by atoms with van der Waals surface area (Å²) in [5, 5.41) is 21.1. The number of aromatic nitrogens is 1. The predicted octanol–water partition coefficient (Wildman–Crippen LogP) is 2.67. The molecule has 1 aromatic heterocycles. The van der Waals surface area contributed by atoms with Crippen LogP contribution in [0.25, 0.3) is 0 Å². The number of nitrogens with one attached hydrogen (secondary N) is 1. The summed E-state index contributed by atoms with van der Waals surface area (Å²) in [6, 6.07) is 9.75. The fourth-order valence-electron chi connectivity index (χ4n) is 1.47. The largest absolute Gasteiger partial charge is 0.505 e. The number of aromatic hydroxyl groups is 1. The van der Waals surface area contributed by atoms with E-state index in [-0.39, 0.29) is 11.4 Å². The number of amides is 1. The van der Waals surface area contributed by atoms with Gasteiger partial charge in [-0.3, -0.25) is 4.79 Å². The van der Waals surface area contributed by atoms with Crippen molar-refractivity contribution in [1.82, 2.24) is 4.98 Å². The molecule has 94 valence electrons. The zero-order valence-corrected chi connectivity index (χ0v) is 11.2. The van der Waals surface area contributed by atoms with E-state index in [4.69, 9.17) is 5.26 Å². The normalized spacial score (nSPS) is 9.68. The average Bonchev–Trinajstić information content (AvgIpc) is 2.39. The summed E-state index contributed by atoms with van der Waals surface area (Å²) in [5.74, 6) is -0.791. The maximum atomic E-state index is 12.0. The summed E-state index contributed by atoms with van der Waals surface area (Å²) in [6.45, 7) is 0. The van der Waals surface area contributed by atoms with Gasteiger partial charge in [0.25, 0.3) is 5.91 Å². The van der Waals surface area contributed by atoms with Crippen molar-refractivity contribution < 1.29 is 9.90 Å². The van der Waals surface area contributed by atoms with Crippen LogP contribution in [0.5, 0.6) is 5.75 Å². The Morgan fingerprint density at radius 2 is 2.21 bits per heavy atom. The third-order valence-corrected chi connectivity index (χ3v) is 2.85. The molecule has 6 heteroatoms. The maximum Gasteiger partial charge on any atom is 0.278 e. The van der Waals surface area contributed by atoms with Crippen LogP contribution in [0.15, 0.2) is 41.0 Å². The van der Waals surface area contributed by atoms with Gasteiger partial charge in [-0.1, -0.05) is 15.9 Å². The number of carbonyl (C=O) groups is 1. The third-order valence-electron chi connectivity index (χ3n) is 2.35. The van der Waals surface area contributed by atoms with Crippen LogP contribution in [0, 0.1) is 11.3 Å². The first-order chi connectivity index (χ1) is 9.11. The molecule has 2 rings (SSSR count). The van der Waals surface area contributed by atoms with Gasteiger partial charge in [0.2, 0.25) is 0 Å². The standard InChI is InChI=1S/C13H8BrN3O2/c14-9-4-3-8(7-15)10(6-9)17-13(19)12-11(18)2-1-5-16-12/h1-6,18H,(H,17,19). The highest BCUT2D eigenvalue weighted by Gasteiger charge is 2.14. The Kier molecular flexibility index (Phi) is 3.78. The van der Waals surface area contributed by atoms with Crippen molar-refractivity contribution in [3.63, 3.8) is 0 Å². The Morgan fingerprint density at radius 1 is 1.42 bits per heavy atom. The SMILES string of the molecule is N#Cc1ccc(Br)cc1NC(=O)c1ncccc1O. The number of halogens is 1. The molecular weight excluding hydrogens is 310 g/mol. The van der Waals surface area contributed by atoms with E-state index in [0.29, 0.717) is 11.3 Å². The summed E-state index contributed by atoms with van der Waals surface area (Å²) >= 11 is 3.26. The lowest BCUT2D eigenvalue weighted by Crippen LogP contribution is -2.14. The molecule has 0 fully saturated rings. The van der Waals surface area contributed by atoms with Crippen LogP contribution in [0.4, 0.5) is 5.69 Å². The molecule has 0 aliphatic carbocycles. The lowest BCUT2D eigenvalue weighted by Gasteiger charge is -2.07. The van der Waals surface area contributed by atoms with Gasteiger partial charge in [0.15, 0.2) is 5.69 Å². The van der Waals surface area contributed by atoms with Crippen molar-refractivity contribution in [2.75, 3.05) is 5.32 Å². The lowest BCUT2D eigenvalue weighted by molar-refractivity contribution is 0.101. The molecule has 5 nitrogen and oxygen atoms in total. The minimum atomic E-state index is -0.576. The molecule has 0 saturated heterocycles. The highest BCUT2D eigenvalue weighted by molar-refractivity contribution is 9.10. The van der Waals surface area contributed by atoms with Crippen molar-refractivity contribution in [2.24, 2.45) is 0 Å². The van der Waals surface area contributed by atoms with Crippen LogP contribution in [0.2, 0.25) is 0 Å². The van der Waals surface area contributed by atoms with E-state index in [9.17, 15) is 9.90 Å². The summed E-state index contributed by atoms with van der Waals surface area (Å²) < 4.78 is 0.729. The van der Waals surface area contributed by atoms with E-state index in [1.165, 1.54) is 18.3 Å². The van der Waals surface area contributed by atoms with Crippen LogP contribution >= 0.6 is 15.9 Å². The van der Waals surface area contributed by atoms with Crippen molar-refractivity contribution >= 4 is 27.5 Å². The predicted molar refractivity (Wildman–Crippen MR) is 72.7 cm³/mol. The van der Waals surface area contributed by atoms with Gasteiger partial charge in [0.1, 0.15) is 11.8 Å². The van der Waals surface area contributed by atoms with E-state index >= 15 is 0 Å². The van der Waals surface area contributed by atoms with E-state index in [0.717, 1.165) is 4.47 Å². The van der Waals surface area contributed by atoms with Gasteiger partial charge in [-0.05, 0) is 30.3 Å². The highest BCUT2D eigenvalue weighted by atomic mass is 79.9. The van der Waals surface area contributed by atoms with Gasteiger partial charge in [0.05, 0.1) is 11.3 Å². The van der Waals surface area contributed by atoms with E-state index in [2.05, 4.69) is 26.2 Å². The first-order valence-electron chi connectivity index (χ1n) is 5.27. The smallest absolute Gasteiger partial charge is 0.278 e. The Balaban J connectivity index is 2.32. The molecular formula is C13H8BrN3O2. The fraction of sp³-hybridized carbons (Fsp3) is 0. The molecule has 0 aliphatic rings. The molecule has 2 aromatic rings. The molecule has 0 aliphatic heterocycles. The highest BCUT2D eigenvalue weighted by Crippen LogP contribution is 2.22.